The molecule has 0 saturated carbocycles. The summed E-state index contributed by atoms with van der Waals surface area (Å²) in [6.45, 7) is 0.259. The SMILES string of the molecule is CNS(=O)(=O)Cc1ccc(CNC(=O)COC(c2ccccc2)c2ccccc2)cc1. The van der Waals surface area contributed by atoms with E-state index in [1.165, 1.54) is 7.05 Å². The second-order valence-corrected chi connectivity index (χ2v) is 9.00. The maximum atomic E-state index is 12.4. The van der Waals surface area contributed by atoms with Crippen molar-refractivity contribution in [2.45, 2.75) is 18.4 Å². The summed E-state index contributed by atoms with van der Waals surface area (Å²) in [5.74, 6) is -0.302. The molecule has 0 fully saturated rings. The van der Waals surface area contributed by atoms with Gasteiger partial charge in [0.2, 0.25) is 15.9 Å². The molecule has 0 heterocycles. The molecule has 0 aromatic heterocycles. The summed E-state index contributed by atoms with van der Waals surface area (Å²) in [6.07, 6.45) is -0.332. The van der Waals surface area contributed by atoms with E-state index < -0.39 is 10.0 Å². The average molecular weight is 439 g/mol. The van der Waals surface area contributed by atoms with Gasteiger partial charge in [-0.15, -0.1) is 0 Å². The van der Waals surface area contributed by atoms with Crippen LogP contribution in [0.15, 0.2) is 84.9 Å². The molecule has 0 unspecified atom stereocenters. The van der Waals surface area contributed by atoms with E-state index >= 15 is 0 Å². The van der Waals surface area contributed by atoms with Crippen molar-refractivity contribution in [3.63, 3.8) is 0 Å². The number of ether oxygens (including phenoxy) is 1. The third kappa shape index (κ3) is 7.03. The van der Waals surface area contributed by atoms with Gasteiger partial charge < -0.3 is 10.1 Å². The minimum absolute atomic E-state index is 0.0764. The Hall–Kier alpha value is -3.00. The van der Waals surface area contributed by atoms with E-state index in [1.54, 1.807) is 24.3 Å². The predicted octanol–water partition coefficient (Wildman–Crippen LogP) is 3.16. The van der Waals surface area contributed by atoms with Crippen molar-refractivity contribution in [2.24, 2.45) is 0 Å². The van der Waals surface area contributed by atoms with Crippen molar-refractivity contribution in [1.29, 1.82) is 0 Å². The summed E-state index contributed by atoms with van der Waals surface area (Å²) in [4.78, 5) is 12.4. The number of carbonyl (C=O) groups is 1. The highest BCUT2D eigenvalue weighted by molar-refractivity contribution is 7.88. The average Bonchev–Trinajstić information content (AvgIpc) is 2.80. The predicted molar refractivity (Wildman–Crippen MR) is 121 cm³/mol. The van der Waals surface area contributed by atoms with Gasteiger partial charge in [-0.1, -0.05) is 84.9 Å². The van der Waals surface area contributed by atoms with Gasteiger partial charge in [-0.3, -0.25) is 4.79 Å². The molecule has 0 aliphatic heterocycles. The highest BCUT2D eigenvalue weighted by Crippen LogP contribution is 2.25. The summed E-state index contributed by atoms with van der Waals surface area (Å²) in [5.41, 5.74) is 3.52. The standard InChI is InChI=1S/C24H26N2O4S/c1-25-31(28,29)18-20-14-12-19(13-15-20)16-26-23(27)17-30-24(21-8-4-2-5-9-21)22-10-6-3-7-11-22/h2-15,24-25H,16-18H2,1H3,(H,26,27). The first-order valence-corrected chi connectivity index (χ1v) is 11.6. The van der Waals surface area contributed by atoms with Crippen LogP contribution in [0, 0.1) is 0 Å². The molecule has 162 valence electrons. The molecule has 0 atom stereocenters. The molecule has 0 aliphatic carbocycles. The van der Waals surface area contributed by atoms with Gasteiger partial charge in [0, 0.05) is 6.54 Å². The van der Waals surface area contributed by atoms with E-state index in [1.807, 2.05) is 60.7 Å². The van der Waals surface area contributed by atoms with Crippen LogP contribution in [-0.4, -0.2) is 28.0 Å². The molecule has 0 bridgehead atoms. The number of rotatable bonds is 10. The summed E-state index contributed by atoms with van der Waals surface area (Å²) >= 11 is 0. The van der Waals surface area contributed by atoms with Gasteiger partial charge in [0.1, 0.15) is 12.7 Å². The molecule has 0 saturated heterocycles. The Labute approximate surface area is 183 Å². The summed E-state index contributed by atoms with van der Waals surface area (Å²) < 4.78 is 31.5. The van der Waals surface area contributed by atoms with Crippen molar-refractivity contribution in [3.8, 4) is 0 Å². The Morgan fingerprint density at radius 1 is 0.839 bits per heavy atom. The second kappa shape index (κ2) is 10.9. The third-order valence-electron chi connectivity index (χ3n) is 4.77. The molecule has 31 heavy (non-hydrogen) atoms. The van der Waals surface area contributed by atoms with Crippen LogP contribution in [0.1, 0.15) is 28.4 Å². The summed E-state index contributed by atoms with van der Waals surface area (Å²) in [6, 6.07) is 26.7. The van der Waals surface area contributed by atoms with Crippen LogP contribution in [0.3, 0.4) is 0 Å². The summed E-state index contributed by atoms with van der Waals surface area (Å²) in [5, 5.41) is 2.84. The molecule has 3 aromatic carbocycles. The molecule has 1 amide bonds. The fourth-order valence-corrected chi connectivity index (χ4v) is 3.87. The van der Waals surface area contributed by atoms with E-state index in [9.17, 15) is 13.2 Å². The minimum Gasteiger partial charge on any atom is -0.359 e. The van der Waals surface area contributed by atoms with Gasteiger partial charge in [0.25, 0.3) is 0 Å². The number of hydrogen-bond donors (Lipinski definition) is 2. The van der Waals surface area contributed by atoms with Crippen molar-refractivity contribution in [2.75, 3.05) is 13.7 Å². The molecule has 3 rings (SSSR count). The lowest BCUT2D eigenvalue weighted by atomic mass is 10.0. The number of carbonyl (C=O) groups excluding carboxylic acids is 1. The van der Waals surface area contributed by atoms with Crippen molar-refractivity contribution in [1.82, 2.24) is 10.0 Å². The maximum Gasteiger partial charge on any atom is 0.246 e. The molecule has 0 aliphatic rings. The van der Waals surface area contributed by atoms with E-state index in [0.717, 1.165) is 16.7 Å². The van der Waals surface area contributed by atoms with Crippen molar-refractivity contribution >= 4 is 15.9 Å². The van der Waals surface area contributed by atoms with Crippen LogP contribution < -0.4 is 10.0 Å². The maximum absolute atomic E-state index is 12.4. The molecule has 2 N–H and O–H groups in total. The third-order valence-corrected chi connectivity index (χ3v) is 6.10. The quantitative estimate of drug-likeness (QED) is 0.509. The van der Waals surface area contributed by atoms with Crippen LogP contribution in [0.4, 0.5) is 0 Å². The molecule has 0 spiro atoms. The van der Waals surface area contributed by atoms with E-state index in [4.69, 9.17) is 4.74 Å². The van der Waals surface area contributed by atoms with E-state index in [0.29, 0.717) is 12.1 Å². The zero-order chi connectivity index (χ0) is 22.1. The topological polar surface area (TPSA) is 84.5 Å². The Kier molecular flexibility index (Phi) is 7.94. The lowest BCUT2D eigenvalue weighted by Crippen LogP contribution is -2.28. The zero-order valence-corrected chi connectivity index (χ0v) is 18.1. The van der Waals surface area contributed by atoms with Crippen molar-refractivity contribution < 1.29 is 17.9 Å². The Balaban J connectivity index is 1.55. The van der Waals surface area contributed by atoms with Crippen LogP contribution in [0.25, 0.3) is 0 Å². The fraction of sp³-hybridized carbons (Fsp3) is 0.208. The molecule has 7 heteroatoms. The first-order chi connectivity index (χ1) is 15.0. The first-order valence-electron chi connectivity index (χ1n) is 9.94. The molecular formula is C24H26N2O4S. The molecule has 0 radical (unpaired) electrons. The highest BCUT2D eigenvalue weighted by Gasteiger charge is 2.16. The molecule has 3 aromatic rings. The smallest absolute Gasteiger partial charge is 0.246 e. The highest BCUT2D eigenvalue weighted by atomic mass is 32.2. The van der Waals surface area contributed by atoms with Gasteiger partial charge in [-0.2, -0.15) is 0 Å². The number of hydrogen-bond acceptors (Lipinski definition) is 4. The number of benzene rings is 3. The van der Waals surface area contributed by atoms with Crippen molar-refractivity contribution in [3.05, 3.63) is 107 Å². The number of sulfonamides is 1. The monoisotopic (exact) mass is 438 g/mol. The van der Waals surface area contributed by atoms with E-state index in [-0.39, 0.29) is 24.4 Å². The molecular weight excluding hydrogens is 412 g/mol. The fourth-order valence-electron chi connectivity index (χ4n) is 3.10. The van der Waals surface area contributed by atoms with Gasteiger partial charge in [0.05, 0.1) is 5.75 Å². The Morgan fingerprint density at radius 2 is 1.35 bits per heavy atom. The van der Waals surface area contributed by atoms with Crippen LogP contribution in [0.5, 0.6) is 0 Å². The first kappa shape index (κ1) is 22.7. The van der Waals surface area contributed by atoms with Crippen LogP contribution in [-0.2, 0) is 31.9 Å². The number of amides is 1. The second-order valence-electron chi connectivity index (χ2n) is 7.07. The summed E-state index contributed by atoms with van der Waals surface area (Å²) in [7, 11) is -1.92. The van der Waals surface area contributed by atoms with Crippen LogP contribution in [0.2, 0.25) is 0 Å². The van der Waals surface area contributed by atoms with E-state index in [2.05, 4.69) is 10.0 Å². The van der Waals surface area contributed by atoms with Gasteiger partial charge in [-0.05, 0) is 29.3 Å². The van der Waals surface area contributed by atoms with Gasteiger partial charge >= 0.3 is 0 Å². The lowest BCUT2D eigenvalue weighted by molar-refractivity contribution is -0.127. The van der Waals surface area contributed by atoms with Gasteiger partial charge in [-0.25, -0.2) is 13.1 Å². The largest absolute Gasteiger partial charge is 0.359 e. The van der Waals surface area contributed by atoms with Crippen LogP contribution >= 0.6 is 0 Å². The lowest BCUT2D eigenvalue weighted by Gasteiger charge is -2.19. The minimum atomic E-state index is -3.31. The molecule has 6 nitrogen and oxygen atoms in total. The van der Waals surface area contributed by atoms with Gasteiger partial charge in [0.15, 0.2) is 0 Å². The Morgan fingerprint density at radius 3 is 1.87 bits per heavy atom. The Bertz CT molecular complexity index is 1030. The number of nitrogens with one attached hydrogen (secondary N) is 2. The normalized spacial score (nSPS) is 11.4. The zero-order valence-electron chi connectivity index (χ0n) is 17.3.